The highest BCUT2D eigenvalue weighted by Crippen LogP contribution is 2.13. The largest absolute Gasteiger partial charge is 0.379 e. The number of nitrogens with two attached hydrogens (primary N) is 2. The molecule has 0 aromatic heterocycles. The van der Waals surface area contributed by atoms with Crippen molar-refractivity contribution in [2.45, 2.75) is 77.7 Å². The highest BCUT2D eigenvalue weighted by atomic mass is 32.2. The van der Waals surface area contributed by atoms with Crippen LogP contribution in [0, 0.1) is 5.92 Å². The Bertz CT molecular complexity index is 721. The molecule has 35 heavy (non-hydrogen) atoms. The molecule has 1 unspecified atom stereocenters. The monoisotopic (exact) mass is 518 g/mol. The SMILES string of the molecule is CCCC[C@@H](C(=O)N[C@@H](CC(C)C)C(=O)N[C@@H](CSCC(N)=O)C(=O)NCC(N)=O)N(C)C(C)O. The van der Waals surface area contributed by atoms with Gasteiger partial charge in [-0.3, -0.25) is 28.9 Å². The van der Waals surface area contributed by atoms with Gasteiger partial charge in [0.15, 0.2) is 0 Å². The number of hydrogen-bond donors (Lipinski definition) is 6. The number of unbranched alkanes of at least 4 members (excludes halogenated alkanes) is 1. The Morgan fingerprint density at radius 3 is 2.03 bits per heavy atom. The Morgan fingerprint density at radius 2 is 1.54 bits per heavy atom. The molecule has 0 aliphatic heterocycles. The summed E-state index contributed by atoms with van der Waals surface area (Å²) in [6.45, 7) is 6.92. The second-order valence-corrected chi connectivity index (χ2v) is 9.90. The van der Waals surface area contributed by atoms with E-state index in [0.717, 1.165) is 24.6 Å². The topological polar surface area (TPSA) is 197 Å². The number of carbonyl (C=O) groups excluding carboxylic acids is 5. The molecule has 0 aliphatic rings. The summed E-state index contributed by atoms with van der Waals surface area (Å²) in [5.41, 5.74) is 10.2. The number of primary amides is 2. The molecular formula is C22H42N6O6S. The minimum absolute atomic E-state index is 0.0194. The summed E-state index contributed by atoms with van der Waals surface area (Å²) < 4.78 is 0. The molecular weight excluding hydrogens is 476 g/mol. The first-order valence-electron chi connectivity index (χ1n) is 11.7. The van der Waals surface area contributed by atoms with E-state index in [4.69, 9.17) is 11.5 Å². The third-order valence-corrected chi connectivity index (χ3v) is 6.21. The number of hydrogen-bond acceptors (Lipinski definition) is 8. The lowest BCUT2D eigenvalue weighted by Gasteiger charge is -2.31. The first-order valence-corrected chi connectivity index (χ1v) is 12.9. The van der Waals surface area contributed by atoms with Crippen molar-refractivity contribution in [2.75, 3.05) is 25.1 Å². The van der Waals surface area contributed by atoms with E-state index < -0.39 is 60.4 Å². The van der Waals surface area contributed by atoms with Gasteiger partial charge in [-0.25, -0.2) is 0 Å². The molecule has 0 saturated carbocycles. The number of amides is 5. The minimum Gasteiger partial charge on any atom is -0.379 e. The van der Waals surface area contributed by atoms with E-state index in [2.05, 4.69) is 16.0 Å². The van der Waals surface area contributed by atoms with Crippen LogP contribution in [0.25, 0.3) is 0 Å². The summed E-state index contributed by atoms with van der Waals surface area (Å²) in [4.78, 5) is 62.4. The Balaban J connectivity index is 5.60. The zero-order valence-corrected chi connectivity index (χ0v) is 22.2. The molecule has 13 heteroatoms. The summed E-state index contributed by atoms with van der Waals surface area (Å²) >= 11 is 1.05. The molecule has 202 valence electrons. The Kier molecular flexibility index (Phi) is 16.0. The van der Waals surface area contributed by atoms with Crippen LogP contribution in [0.5, 0.6) is 0 Å². The van der Waals surface area contributed by atoms with Crippen molar-refractivity contribution in [1.82, 2.24) is 20.9 Å². The highest BCUT2D eigenvalue weighted by Gasteiger charge is 2.31. The van der Waals surface area contributed by atoms with Crippen molar-refractivity contribution in [1.29, 1.82) is 0 Å². The van der Waals surface area contributed by atoms with Crippen LogP contribution in [-0.2, 0) is 24.0 Å². The maximum atomic E-state index is 13.1. The van der Waals surface area contributed by atoms with Gasteiger partial charge in [0, 0.05) is 5.75 Å². The molecule has 5 amide bonds. The molecule has 0 heterocycles. The second-order valence-electron chi connectivity index (χ2n) is 8.87. The molecule has 0 rings (SSSR count). The first kappa shape index (κ1) is 32.6. The van der Waals surface area contributed by atoms with E-state index in [1.807, 2.05) is 20.8 Å². The fourth-order valence-electron chi connectivity index (χ4n) is 3.18. The molecule has 0 fully saturated rings. The predicted molar refractivity (Wildman–Crippen MR) is 135 cm³/mol. The van der Waals surface area contributed by atoms with Gasteiger partial charge in [0.25, 0.3) is 0 Å². The number of thioether (sulfide) groups is 1. The van der Waals surface area contributed by atoms with Crippen LogP contribution in [-0.4, -0.2) is 89.0 Å². The zero-order chi connectivity index (χ0) is 27.1. The summed E-state index contributed by atoms with van der Waals surface area (Å²) in [6, 6.07) is -2.67. The van der Waals surface area contributed by atoms with E-state index in [1.54, 1.807) is 14.0 Å². The maximum Gasteiger partial charge on any atom is 0.243 e. The van der Waals surface area contributed by atoms with Crippen LogP contribution in [0.4, 0.5) is 0 Å². The van der Waals surface area contributed by atoms with Gasteiger partial charge >= 0.3 is 0 Å². The third-order valence-electron chi connectivity index (χ3n) is 5.15. The van der Waals surface area contributed by atoms with Gasteiger partial charge in [-0.05, 0) is 32.7 Å². The maximum absolute atomic E-state index is 13.1. The molecule has 4 atom stereocenters. The lowest BCUT2D eigenvalue weighted by Crippen LogP contribution is -2.58. The lowest BCUT2D eigenvalue weighted by atomic mass is 10.0. The van der Waals surface area contributed by atoms with E-state index in [-0.39, 0.29) is 17.4 Å². The van der Waals surface area contributed by atoms with Crippen LogP contribution in [0.2, 0.25) is 0 Å². The van der Waals surface area contributed by atoms with Crippen molar-refractivity contribution in [3.05, 3.63) is 0 Å². The van der Waals surface area contributed by atoms with Crippen LogP contribution in [0.3, 0.4) is 0 Å². The normalized spacial score (nSPS) is 14.6. The second kappa shape index (κ2) is 17.1. The van der Waals surface area contributed by atoms with Gasteiger partial charge in [0.1, 0.15) is 18.3 Å². The predicted octanol–water partition coefficient (Wildman–Crippen LogP) is -1.35. The highest BCUT2D eigenvalue weighted by molar-refractivity contribution is 8.00. The number of carbonyl (C=O) groups is 5. The average Bonchev–Trinajstić information content (AvgIpc) is 2.75. The zero-order valence-electron chi connectivity index (χ0n) is 21.3. The summed E-state index contributed by atoms with van der Waals surface area (Å²) in [5, 5.41) is 17.7. The number of aliphatic hydroxyl groups excluding tert-OH is 1. The summed E-state index contributed by atoms with van der Waals surface area (Å²) in [5.74, 6) is -2.97. The van der Waals surface area contributed by atoms with Crippen molar-refractivity contribution in [3.63, 3.8) is 0 Å². The number of likely N-dealkylation sites (N-methyl/N-ethyl adjacent to an activating group) is 1. The van der Waals surface area contributed by atoms with E-state index in [0.29, 0.717) is 12.8 Å². The van der Waals surface area contributed by atoms with Crippen molar-refractivity contribution in [2.24, 2.45) is 17.4 Å². The van der Waals surface area contributed by atoms with Crippen LogP contribution >= 0.6 is 11.8 Å². The Labute approximate surface area is 211 Å². The molecule has 0 saturated heterocycles. The molecule has 8 N–H and O–H groups in total. The average molecular weight is 519 g/mol. The fourth-order valence-corrected chi connectivity index (χ4v) is 3.97. The van der Waals surface area contributed by atoms with Gasteiger partial charge in [-0.1, -0.05) is 33.6 Å². The number of aliphatic hydroxyl groups is 1. The Hall–Kier alpha value is -2.38. The molecule has 0 aromatic carbocycles. The summed E-state index contributed by atoms with van der Waals surface area (Å²) in [7, 11) is 1.64. The van der Waals surface area contributed by atoms with Gasteiger partial charge in [-0.15, -0.1) is 11.8 Å². The van der Waals surface area contributed by atoms with Crippen molar-refractivity contribution >= 4 is 41.3 Å². The molecule has 0 radical (unpaired) electrons. The minimum atomic E-state index is -1.09. The van der Waals surface area contributed by atoms with Crippen molar-refractivity contribution < 1.29 is 29.1 Å². The summed E-state index contributed by atoms with van der Waals surface area (Å²) in [6.07, 6.45) is 1.57. The fraction of sp³-hybridized carbons (Fsp3) is 0.773. The molecule has 0 aliphatic carbocycles. The molecule has 0 spiro atoms. The number of rotatable bonds is 18. The molecule has 0 aromatic rings. The van der Waals surface area contributed by atoms with Crippen LogP contribution in [0.15, 0.2) is 0 Å². The quantitative estimate of drug-likeness (QED) is 0.120. The van der Waals surface area contributed by atoms with Gasteiger partial charge in [0.05, 0.1) is 18.3 Å². The molecule has 0 bridgehead atoms. The van der Waals surface area contributed by atoms with Gasteiger partial charge < -0.3 is 32.5 Å². The first-order chi connectivity index (χ1) is 16.3. The Morgan fingerprint density at radius 1 is 0.943 bits per heavy atom. The standard InChI is InChI=1S/C22H42N6O6S/c1-6-7-8-17(28(5)14(4)29)22(34)26-15(9-13(2)3)21(33)27-16(11-35-12-19(24)31)20(32)25-10-18(23)30/h13-17,29H,6-12H2,1-5H3,(H2,23,30)(H2,24,31)(H,25,32)(H,26,34)(H,27,33)/t14?,15-,16-,17-/m0/s1. The van der Waals surface area contributed by atoms with Crippen LogP contribution < -0.4 is 27.4 Å². The van der Waals surface area contributed by atoms with E-state index in [9.17, 15) is 29.1 Å². The number of nitrogens with zero attached hydrogens (tertiary/aromatic N) is 1. The van der Waals surface area contributed by atoms with E-state index >= 15 is 0 Å². The van der Waals surface area contributed by atoms with Gasteiger partial charge in [-0.2, -0.15) is 0 Å². The van der Waals surface area contributed by atoms with E-state index in [1.165, 1.54) is 4.90 Å². The molecule has 12 nitrogen and oxygen atoms in total. The van der Waals surface area contributed by atoms with Crippen molar-refractivity contribution in [3.8, 4) is 0 Å². The van der Waals surface area contributed by atoms with Crippen LogP contribution in [0.1, 0.15) is 53.4 Å². The van der Waals surface area contributed by atoms with Gasteiger partial charge in [0.2, 0.25) is 29.5 Å². The smallest absolute Gasteiger partial charge is 0.243 e. The number of nitrogens with one attached hydrogen (secondary N) is 3. The third kappa shape index (κ3) is 13.9. The lowest BCUT2D eigenvalue weighted by molar-refractivity contribution is -0.136.